The monoisotopic (exact) mass is 260 g/mol. The summed E-state index contributed by atoms with van der Waals surface area (Å²) >= 11 is 0. The number of benzene rings is 1. The van der Waals surface area contributed by atoms with E-state index in [9.17, 15) is 4.79 Å². The van der Waals surface area contributed by atoms with Crippen LogP contribution in [0.25, 0.3) is 11.0 Å². The standard InChI is InChI=1S/C15H20N2O2/c1-15(2,14(18)19)9-5-6-10-17-11-16-12-7-3-4-8-13(12)17/h3-4,7-8,11H,5-6,9-10H2,1-2H3,(H,18,19). The molecule has 0 spiro atoms. The highest BCUT2D eigenvalue weighted by Gasteiger charge is 2.25. The highest BCUT2D eigenvalue weighted by molar-refractivity contribution is 5.75. The van der Waals surface area contributed by atoms with E-state index in [0.29, 0.717) is 6.42 Å². The predicted octanol–water partition coefficient (Wildman–Crippen LogP) is 3.32. The maximum atomic E-state index is 11.0. The summed E-state index contributed by atoms with van der Waals surface area (Å²) in [7, 11) is 0. The number of para-hydroxylation sites is 2. The summed E-state index contributed by atoms with van der Waals surface area (Å²) in [5, 5.41) is 9.05. The number of carbonyl (C=O) groups is 1. The summed E-state index contributed by atoms with van der Waals surface area (Å²) in [6.45, 7) is 4.44. The quantitative estimate of drug-likeness (QED) is 0.811. The van der Waals surface area contributed by atoms with Gasteiger partial charge in [0.15, 0.2) is 0 Å². The molecule has 0 bridgehead atoms. The zero-order valence-electron chi connectivity index (χ0n) is 11.5. The molecule has 4 heteroatoms. The van der Waals surface area contributed by atoms with E-state index in [1.807, 2.05) is 24.5 Å². The average molecular weight is 260 g/mol. The second-order valence-electron chi connectivity index (χ2n) is 5.57. The van der Waals surface area contributed by atoms with Crippen LogP contribution in [-0.4, -0.2) is 20.6 Å². The zero-order chi connectivity index (χ0) is 13.9. The molecule has 0 aliphatic carbocycles. The zero-order valence-corrected chi connectivity index (χ0v) is 11.5. The number of rotatable bonds is 6. The van der Waals surface area contributed by atoms with Crippen LogP contribution in [0, 0.1) is 5.41 Å². The van der Waals surface area contributed by atoms with Crippen molar-refractivity contribution in [2.24, 2.45) is 5.41 Å². The number of aromatic nitrogens is 2. The highest BCUT2D eigenvalue weighted by atomic mass is 16.4. The van der Waals surface area contributed by atoms with Crippen molar-refractivity contribution in [1.82, 2.24) is 9.55 Å². The van der Waals surface area contributed by atoms with Crippen molar-refractivity contribution in [2.75, 3.05) is 0 Å². The summed E-state index contributed by atoms with van der Waals surface area (Å²) < 4.78 is 2.13. The van der Waals surface area contributed by atoms with Crippen LogP contribution in [0.2, 0.25) is 0 Å². The van der Waals surface area contributed by atoms with E-state index in [-0.39, 0.29) is 0 Å². The molecule has 2 rings (SSSR count). The van der Waals surface area contributed by atoms with Crippen LogP contribution in [0.5, 0.6) is 0 Å². The SMILES string of the molecule is CC(C)(CCCCn1cnc2ccccc21)C(=O)O. The van der Waals surface area contributed by atoms with Gasteiger partial charge in [0.1, 0.15) is 0 Å². The molecule has 0 saturated heterocycles. The lowest BCUT2D eigenvalue weighted by molar-refractivity contribution is -0.147. The molecule has 1 heterocycles. The van der Waals surface area contributed by atoms with Crippen molar-refractivity contribution in [3.05, 3.63) is 30.6 Å². The maximum Gasteiger partial charge on any atom is 0.309 e. The number of aliphatic carboxylic acids is 1. The van der Waals surface area contributed by atoms with Crippen molar-refractivity contribution in [2.45, 2.75) is 39.7 Å². The Balaban J connectivity index is 1.88. The Morgan fingerprint density at radius 2 is 2.05 bits per heavy atom. The van der Waals surface area contributed by atoms with Crippen LogP contribution in [0.3, 0.4) is 0 Å². The lowest BCUT2D eigenvalue weighted by atomic mass is 9.87. The highest BCUT2D eigenvalue weighted by Crippen LogP contribution is 2.23. The molecule has 19 heavy (non-hydrogen) atoms. The first-order chi connectivity index (χ1) is 9.00. The van der Waals surface area contributed by atoms with Crippen LogP contribution in [-0.2, 0) is 11.3 Å². The largest absolute Gasteiger partial charge is 0.481 e. The Morgan fingerprint density at radius 1 is 1.32 bits per heavy atom. The Bertz CT molecular complexity index is 572. The molecule has 0 aliphatic heterocycles. The maximum absolute atomic E-state index is 11.0. The summed E-state index contributed by atoms with van der Waals surface area (Å²) in [5.41, 5.74) is 1.52. The minimum Gasteiger partial charge on any atom is -0.481 e. The van der Waals surface area contributed by atoms with E-state index in [0.717, 1.165) is 30.4 Å². The minimum absolute atomic E-state index is 0.628. The van der Waals surface area contributed by atoms with Crippen LogP contribution >= 0.6 is 0 Å². The summed E-state index contributed by atoms with van der Waals surface area (Å²) in [4.78, 5) is 15.3. The van der Waals surface area contributed by atoms with E-state index in [2.05, 4.69) is 15.6 Å². The van der Waals surface area contributed by atoms with Gasteiger partial charge in [0, 0.05) is 6.54 Å². The van der Waals surface area contributed by atoms with Gasteiger partial charge in [-0.2, -0.15) is 0 Å². The molecule has 1 N–H and O–H groups in total. The number of fused-ring (bicyclic) bond motifs is 1. The van der Waals surface area contributed by atoms with Gasteiger partial charge in [-0.25, -0.2) is 4.98 Å². The summed E-state index contributed by atoms with van der Waals surface area (Å²) in [6.07, 6.45) is 4.44. The van der Waals surface area contributed by atoms with Gasteiger partial charge < -0.3 is 9.67 Å². The Morgan fingerprint density at radius 3 is 2.79 bits per heavy atom. The molecule has 0 radical (unpaired) electrons. The lowest BCUT2D eigenvalue weighted by Gasteiger charge is -2.18. The van der Waals surface area contributed by atoms with Crippen molar-refractivity contribution in [3.63, 3.8) is 0 Å². The second kappa shape index (κ2) is 5.43. The van der Waals surface area contributed by atoms with Crippen LogP contribution in [0.4, 0.5) is 0 Å². The minimum atomic E-state index is -0.722. The smallest absolute Gasteiger partial charge is 0.309 e. The van der Waals surface area contributed by atoms with Crippen molar-refractivity contribution >= 4 is 17.0 Å². The first-order valence-corrected chi connectivity index (χ1v) is 6.64. The van der Waals surface area contributed by atoms with Gasteiger partial charge in [-0.05, 0) is 38.8 Å². The number of hydrogen-bond acceptors (Lipinski definition) is 2. The molecular formula is C15H20N2O2. The fourth-order valence-electron chi connectivity index (χ4n) is 2.14. The van der Waals surface area contributed by atoms with E-state index in [1.54, 1.807) is 13.8 Å². The van der Waals surface area contributed by atoms with Crippen LogP contribution < -0.4 is 0 Å². The lowest BCUT2D eigenvalue weighted by Crippen LogP contribution is -2.23. The Kier molecular flexibility index (Phi) is 3.88. The summed E-state index contributed by atoms with van der Waals surface area (Å²) in [5.74, 6) is -0.722. The number of unbranched alkanes of at least 4 members (excludes halogenated alkanes) is 1. The van der Waals surface area contributed by atoms with Gasteiger partial charge in [-0.3, -0.25) is 4.79 Å². The van der Waals surface area contributed by atoms with Crippen molar-refractivity contribution in [3.8, 4) is 0 Å². The van der Waals surface area contributed by atoms with Gasteiger partial charge in [-0.15, -0.1) is 0 Å². The molecule has 102 valence electrons. The van der Waals surface area contributed by atoms with E-state index in [1.165, 1.54) is 0 Å². The second-order valence-corrected chi connectivity index (χ2v) is 5.57. The molecule has 0 amide bonds. The van der Waals surface area contributed by atoms with Gasteiger partial charge >= 0.3 is 5.97 Å². The molecule has 0 atom stereocenters. The number of nitrogens with zero attached hydrogens (tertiary/aromatic N) is 2. The third-order valence-corrected chi connectivity index (χ3v) is 3.56. The fourth-order valence-corrected chi connectivity index (χ4v) is 2.14. The number of aryl methyl sites for hydroxylation is 1. The molecular weight excluding hydrogens is 240 g/mol. The Labute approximate surface area is 113 Å². The van der Waals surface area contributed by atoms with Crippen LogP contribution in [0.1, 0.15) is 33.1 Å². The number of imidazole rings is 1. The average Bonchev–Trinajstić information content (AvgIpc) is 2.78. The first-order valence-electron chi connectivity index (χ1n) is 6.64. The third-order valence-electron chi connectivity index (χ3n) is 3.56. The number of hydrogen-bond donors (Lipinski definition) is 1. The van der Waals surface area contributed by atoms with Gasteiger partial charge in [-0.1, -0.05) is 18.6 Å². The molecule has 0 saturated carbocycles. The third kappa shape index (κ3) is 3.13. The van der Waals surface area contributed by atoms with E-state index >= 15 is 0 Å². The van der Waals surface area contributed by atoms with Gasteiger partial charge in [0.25, 0.3) is 0 Å². The first kappa shape index (κ1) is 13.6. The number of carboxylic acid groups (broad SMARTS) is 1. The van der Waals surface area contributed by atoms with E-state index < -0.39 is 11.4 Å². The Hall–Kier alpha value is -1.84. The molecule has 4 nitrogen and oxygen atoms in total. The van der Waals surface area contributed by atoms with Gasteiger partial charge in [0.05, 0.1) is 22.8 Å². The molecule has 2 aromatic rings. The topological polar surface area (TPSA) is 55.1 Å². The molecule has 0 aliphatic rings. The van der Waals surface area contributed by atoms with E-state index in [4.69, 9.17) is 5.11 Å². The van der Waals surface area contributed by atoms with Gasteiger partial charge in [0.2, 0.25) is 0 Å². The molecule has 1 aromatic carbocycles. The van der Waals surface area contributed by atoms with Crippen molar-refractivity contribution < 1.29 is 9.90 Å². The summed E-state index contributed by atoms with van der Waals surface area (Å²) in [6, 6.07) is 8.05. The molecule has 0 fully saturated rings. The number of carboxylic acids is 1. The normalized spacial score (nSPS) is 11.9. The molecule has 0 unspecified atom stereocenters. The van der Waals surface area contributed by atoms with Crippen molar-refractivity contribution in [1.29, 1.82) is 0 Å². The molecule has 1 aromatic heterocycles. The van der Waals surface area contributed by atoms with Crippen LogP contribution in [0.15, 0.2) is 30.6 Å². The fraction of sp³-hybridized carbons (Fsp3) is 0.467. The predicted molar refractivity (Wildman–Crippen MR) is 75.0 cm³/mol.